The van der Waals surface area contributed by atoms with Crippen molar-refractivity contribution < 1.29 is 18.7 Å². The van der Waals surface area contributed by atoms with Crippen molar-refractivity contribution in [1.29, 1.82) is 0 Å². The van der Waals surface area contributed by atoms with Gasteiger partial charge in [-0.2, -0.15) is 0 Å². The predicted octanol–water partition coefficient (Wildman–Crippen LogP) is 3.42. The van der Waals surface area contributed by atoms with Crippen LogP contribution in [0.2, 0.25) is 0 Å². The molecular weight excluding hydrogens is 334 g/mol. The summed E-state index contributed by atoms with van der Waals surface area (Å²) in [6.07, 6.45) is 0. The Bertz CT molecular complexity index is 1050. The van der Waals surface area contributed by atoms with Crippen LogP contribution >= 0.6 is 0 Å². The molecule has 26 heavy (non-hydrogen) atoms. The molecule has 3 aromatic rings. The van der Waals surface area contributed by atoms with E-state index in [1.165, 1.54) is 13.0 Å². The minimum Gasteiger partial charge on any atom is -0.457 e. The van der Waals surface area contributed by atoms with Crippen LogP contribution in [-0.4, -0.2) is 11.9 Å². The summed E-state index contributed by atoms with van der Waals surface area (Å²) in [5.41, 5.74) is 2.10. The van der Waals surface area contributed by atoms with Crippen LogP contribution < -0.4 is 10.9 Å². The van der Waals surface area contributed by atoms with Gasteiger partial charge in [0, 0.05) is 35.7 Å². The fourth-order valence-electron chi connectivity index (χ4n) is 2.65. The standard InChI is InChI=1S/C20H17NO5/c1-12-5-3-4-6-16(12)20(24)25-11-14-9-19(23)26-18-10-15(21-13(2)22)7-8-17(14)18/h3-10H,11H2,1-2H3,(H,21,22). The molecule has 0 saturated carbocycles. The second kappa shape index (κ2) is 7.23. The summed E-state index contributed by atoms with van der Waals surface area (Å²) in [5.74, 6) is -0.686. The molecule has 0 aliphatic heterocycles. The van der Waals surface area contributed by atoms with Crippen LogP contribution in [0.25, 0.3) is 11.0 Å². The molecule has 1 amide bonds. The minimum atomic E-state index is -0.556. The molecule has 0 fully saturated rings. The first-order valence-corrected chi connectivity index (χ1v) is 8.01. The molecule has 6 nitrogen and oxygen atoms in total. The Morgan fingerprint density at radius 2 is 1.88 bits per heavy atom. The first-order chi connectivity index (χ1) is 12.4. The molecule has 0 radical (unpaired) electrons. The van der Waals surface area contributed by atoms with Crippen molar-refractivity contribution in [3.05, 3.63) is 75.6 Å². The lowest BCUT2D eigenvalue weighted by Gasteiger charge is -2.09. The molecule has 3 rings (SSSR count). The second-order valence-corrected chi connectivity index (χ2v) is 5.87. The molecule has 6 heteroatoms. The summed E-state index contributed by atoms with van der Waals surface area (Å²) in [6.45, 7) is 3.16. The van der Waals surface area contributed by atoms with Gasteiger partial charge in [0.05, 0.1) is 5.56 Å². The Hall–Kier alpha value is -3.41. The quantitative estimate of drug-likeness (QED) is 0.575. The molecule has 0 aliphatic carbocycles. The third-order valence-electron chi connectivity index (χ3n) is 3.87. The van der Waals surface area contributed by atoms with Crippen molar-refractivity contribution in [3.8, 4) is 0 Å². The maximum Gasteiger partial charge on any atom is 0.338 e. The van der Waals surface area contributed by atoms with Gasteiger partial charge >= 0.3 is 11.6 Å². The molecule has 1 heterocycles. The van der Waals surface area contributed by atoms with Gasteiger partial charge in [0.2, 0.25) is 5.91 Å². The van der Waals surface area contributed by atoms with Gasteiger partial charge in [-0.25, -0.2) is 9.59 Å². The monoisotopic (exact) mass is 351 g/mol. The summed E-state index contributed by atoms with van der Waals surface area (Å²) in [5, 5.41) is 3.26. The number of ether oxygens (including phenoxy) is 1. The zero-order chi connectivity index (χ0) is 18.7. The largest absolute Gasteiger partial charge is 0.457 e. The lowest BCUT2D eigenvalue weighted by atomic mass is 10.1. The van der Waals surface area contributed by atoms with Crippen molar-refractivity contribution >= 4 is 28.5 Å². The number of fused-ring (bicyclic) bond motifs is 1. The van der Waals surface area contributed by atoms with Gasteiger partial charge in [-0.15, -0.1) is 0 Å². The zero-order valence-corrected chi connectivity index (χ0v) is 14.4. The number of carbonyl (C=O) groups excluding carboxylic acids is 2. The molecule has 0 spiro atoms. The van der Waals surface area contributed by atoms with Crippen LogP contribution in [0.5, 0.6) is 0 Å². The highest BCUT2D eigenvalue weighted by atomic mass is 16.5. The third kappa shape index (κ3) is 3.80. The Kier molecular flexibility index (Phi) is 4.84. The van der Waals surface area contributed by atoms with Gasteiger partial charge in [-0.1, -0.05) is 18.2 Å². The van der Waals surface area contributed by atoms with Crippen molar-refractivity contribution in [3.63, 3.8) is 0 Å². The van der Waals surface area contributed by atoms with Crippen LogP contribution in [0, 0.1) is 6.92 Å². The molecule has 1 N–H and O–H groups in total. The van der Waals surface area contributed by atoms with Gasteiger partial charge in [0.15, 0.2) is 0 Å². The molecule has 0 atom stereocenters. The summed E-state index contributed by atoms with van der Waals surface area (Å²) in [6, 6.07) is 13.4. The van der Waals surface area contributed by atoms with Crippen LogP contribution in [0.3, 0.4) is 0 Å². The number of carbonyl (C=O) groups is 2. The molecule has 2 aromatic carbocycles. The third-order valence-corrected chi connectivity index (χ3v) is 3.87. The predicted molar refractivity (Wildman–Crippen MR) is 97.1 cm³/mol. The van der Waals surface area contributed by atoms with Crippen molar-refractivity contribution in [2.45, 2.75) is 20.5 Å². The highest BCUT2D eigenvalue weighted by Crippen LogP contribution is 2.22. The van der Waals surface area contributed by atoms with E-state index in [1.54, 1.807) is 30.3 Å². The Morgan fingerprint density at radius 3 is 2.62 bits per heavy atom. The molecule has 0 unspecified atom stereocenters. The highest BCUT2D eigenvalue weighted by Gasteiger charge is 2.13. The number of anilines is 1. The molecule has 0 aliphatic rings. The Labute approximate surface area is 149 Å². The van der Waals surface area contributed by atoms with Gasteiger partial charge in [0.25, 0.3) is 0 Å². The number of rotatable bonds is 4. The van der Waals surface area contributed by atoms with E-state index < -0.39 is 11.6 Å². The number of benzene rings is 2. The number of nitrogens with one attached hydrogen (secondary N) is 1. The van der Waals surface area contributed by atoms with Gasteiger partial charge in [-0.3, -0.25) is 4.79 Å². The lowest BCUT2D eigenvalue weighted by Crippen LogP contribution is -2.09. The average molecular weight is 351 g/mol. The van der Waals surface area contributed by atoms with Gasteiger partial charge in [0.1, 0.15) is 12.2 Å². The van der Waals surface area contributed by atoms with E-state index >= 15 is 0 Å². The fourth-order valence-corrected chi connectivity index (χ4v) is 2.65. The maximum absolute atomic E-state index is 12.3. The van der Waals surface area contributed by atoms with E-state index in [2.05, 4.69) is 5.32 Å². The fraction of sp³-hybridized carbons (Fsp3) is 0.150. The van der Waals surface area contributed by atoms with E-state index in [0.29, 0.717) is 27.8 Å². The number of hydrogen-bond donors (Lipinski definition) is 1. The van der Waals surface area contributed by atoms with Crippen LogP contribution in [-0.2, 0) is 16.1 Å². The van der Waals surface area contributed by atoms with Gasteiger partial charge < -0.3 is 14.5 Å². The smallest absolute Gasteiger partial charge is 0.338 e. The summed E-state index contributed by atoms with van der Waals surface area (Å²) in [7, 11) is 0. The number of aryl methyl sites for hydroxylation is 1. The normalized spacial score (nSPS) is 10.5. The summed E-state index contributed by atoms with van der Waals surface area (Å²) < 4.78 is 10.6. The first-order valence-electron chi connectivity index (χ1n) is 8.01. The van der Waals surface area contributed by atoms with E-state index in [1.807, 2.05) is 19.1 Å². The minimum absolute atomic E-state index is 0.0608. The molecule has 132 valence electrons. The van der Waals surface area contributed by atoms with E-state index in [4.69, 9.17) is 9.15 Å². The summed E-state index contributed by atoms with van der Waals surface area (Å²) in [4.78, 5) is 35.2. The van der Waals surface area contributed by atoms with E-state index in [9.17, 15) is 14.4 Å². The highest BCUT2D eigenvalue weighted by molar-refractivity contribution is 5.93. The van der Waals surface area contributed by atoms with E-state index in [0.717, 1.165) is 5.56 Å². The topological polar surface area (TPSA) is 85.6 Å². The van der Waals surface area contributed by atoms with Crippen LogP contribution in [0.4, 0.5) is 5.69 Å². The zero-order valence-electron chi connectivity index (χ0n) is 14.4. The maximum atomic E-state index is 12.3. The average Bonchev–Trinajstić information content (AvgIpc) is 2.58. The molecule has 1 aromatic heterocycles. The van der Waals surface area contributed by atoms with Crippen LogP contribution in [0.1, 0.15) is 28.4 Å². The van der Waals surface area contributed by atoms with Gasteiger partial charge in [-0.05, 0) is 30.7 Å². The van der Waals surface area contributed by atoms with Crippen molar-refractivity contribution in [1.82, 2.24) is 0 Å². The second-order valence-electron chi connectivity index (χ2n) is 5.87. The number of amides is 1. The number of hydrogen-bond acceptors (Lipinski definition) is 5. The Balaban J connectivity index is 1.88. The molecule has 0 saturated heterocycles. The lowest BCUT2D eigenvalue weighted by molar-refractivity contribution is -0.114. The first kappa shape index (κ1) is 17.4. The Morgan fingerprint density at radius 1 is 1.12 bits per heavy atom. The van der Waals surface area contributed by atoms with E-state index in [-0.39, 0.29) is 12.5 Å². The SMILES string of the molecule is CC(=O)Nc1ccc2c(COC(=O)c3ccccc3C)cc(=O)oc2c1. The van der Waals surface area contributed by atoms with Crippen molar-refractivity contribution in [2.75, 3.05) is 5.32 Å². The molecular formula is C20H17NO5. The van der Waals surface area contributed by atoms with Crippen molar-refractivity contribution in [2.24, 2.45) is 0 Å². The van der Waals surface area contributed by atoms with Crippen LogP contribution in [0.15, 0.2) is 57.7 Å². The number of esters is 1. The molecule has 0 bridgehead atoms. The summed E-state index contributed by atoms with van der Waals surface area (Å²) >= 11 is 0.